The molecule has 0 saturated carbocycles. The quantitative estimate of drug-likeness (QED) is 0.497. The molecule has 0 bridgehead atoms. The van der Waals surface area contributed by atoms with Crippen LogP contribution in [0.25, 0.3) is 0 Å². The summed E-state index contributed by atoms with van der Waals surface area (Å²) in [5, 5.41) is 0. The second-order valence-electron chi connectivity index (χ2n) is 11.0. The molecule has 3 saturated heterocycles. The van der Waals surface area contributed by atoms with Crippen LogP contribution in [0.3, 0.4) is 0 Å². The predicted octanol–water partition coefficient (Wildman–Crippen LogP) is 4.07. The number of ether oxygens (including phenoxy) is 1. The number of benzene rings is 1. The SMILES string of the molecule is CC(C)(C)OC(=O)N1CCC(N=C2O[Si](C)(C)N3C[C@H](NOCc4ccccc4)CCC23)CC1. The number of hydroxylamine groups is 1. The number of fused-ring (bicyclic) bond motifs is 1. The molecule has 1 amide bonds. The molecule has 3 heterocycles. The van der Waals surface area contributed by atoms with E-state index >= 15 is 0 Å². The van der Waals surface area contributed by atoms with Gasteiger partial charge in [-0.2, -0.15) is 5.48 Å². The van der Waals surface area contributed by atoms with Crippen molar-refractivity contribution in [2.24, 2.45) is 4.99 Å². The number of hydrogen-bond donors (Lipinski definition) is 1. The van der Waals surface area contributed by atoms with E-state index in [4.69, 9.17) is 19.0 Å². The van der Waals surface area contributed by atoms with Crippen LogP contribution in [-0.4, -0.2) is 73.3 Å². The number of hydrogen-bond acceptors (Lipinski definition) is 7. The van der Waals surface area contributed by atoms with Gasteiger partial charge in [-0.15, -0.1) is 0 Å². The maximum Gasteiger partial charge on any atom is 0.410 e. The maximum absolute atomic E-state index is 12.4. The van der Waals surface area contributed by atoms with E-state index in [1.165, 1.54) is 0 Å². The summed E-state index contributed by atoms with van der Waals surface area (Å²) in [4.78, 5) is 25.0. The molecule has 1 N–H and O–H groups in total. The Balaban J connectivity index is 1.29. The van der Waals surface area contributed by atoms with Gasteiger partial charge in [-0.1, -0.05) is 30.3 Å². The van der Waals surface area contributed by atoms with Gasteiger partial charge >= 0.3 is 14.6 Å². The van der Waals surface area contributed by atoms with Crippen LogP contribution in [0.4, 0.5) is 4.79 Å². The number of nitrogens with zero attached hydrogens (tertiary/aromatic N) is 3. The largest absolute Gasteiger partial charge is 0.519 e. The lowest BCUT2D eigenvalue weighted by Crippen LogP contribution is -2.57. The van der Waals surface area contributed by atoms with Gasteiger partial charge in [0.2, 0.25) is 0 Å². The van der Waals surface area contributed by atoms with Gasteiger partial charge in [-0.05, 0) is 65.1 Å². The highest BCUT2D eigenvalue weighted by Gasteiger charge is 2.51. The zero-order valence-corrected chi connectivity index (χ0v) is 22.3. The normalized spacial score (nSPS) is 26.9. The third-order valence-electron chi connectivity index (χ3n) is 6.67. The molecular formula is C25H40N4O4Si. The number of nitrogens with one attached hydrogen (secondary N) is 1. The van der Waals surface area contributed by atoms with Crippen LogP contribution in [0.5, 0.6) is 0 Å². The first kappa shape index (κ1) is 25.2. The summed E-state index contributed by atoms with van der Waals surface area (Å²) in [6.07, 6.45) is 3.50. The minimum Gasteiger partial charge on any atom is -0.519 e. The zero-order valence-electron chi connectivity index (χ0n) is 21.3. The van der Waals surface area contributed by atoms with E-state index in [1.54, 1.807) is 4.90 Å². The Bertz CT molecular complexity index is 865. The molecule has 188 valence electrons. The summed E-state index contributed by atoms with van der Waals surface area (Å²) in [5.41, 5.74) is 3.98. The highest BCUT2D eigenvalue weighted by Crippen LogP contribution is 2.33. The Hall–Kier alpha value is -1.94. The number of rotatable bonds is 5. The first-order valence-electron chi connectivity index (χ1n) is 12.5. The molecule has 8 nitrogen and oxygen atoms in total. The summed E-state index contributed by atoms with van der Waals surface area (Å²) < 4.78 is 14.6. The van der Waals surface area contributed by atoms with E-state index in [-0.39, 0.29) is 24.2 Å². The number of amides is 1. The van der Waals surface area contributed by atoms with E-state index in [9.17, 15) is 4.79 Å². The van der Waals surface area contributed by atoms with Gasteiger partial charge in [-0.3, -0.25) is 14.4 Å². The number of carbonyl (C=O) groups excluding carboxylic acids is 1. The topological polar surface area (TPSA) is 75.6 Å². The monoisotopic (exact) mass is 488 g/mol. The van der Waals surface area contributed by atoms with Crippen LogP contribution in [0.2, 0.25) is 13.1 Å². The molecule has 2 atom stereocenters. The Kier molecular flexibility index (Phi) is 7.66. The van der Waals surface area contributed by atoms with E-state index in [0.29, 0.717) is 19.7 Å². The number of likely N-dealkylation sites (tertiary alicyclic amines) is 1. The predicted molar refractivity (Wildman–Crippen MR) is 135 cm³/mol. The molecule has 0 aromatic heterocycles. The molecule has 3 aliphatic heterocycles. The smallest absolute Gasteiger partial charge is 0.410 e. The van der Waals surface area contributed by atoms with Crippen molar-refractivity contribution in [3.63, 3.8) is 0 Å². The van der Waals surface area contributed by atoms with Gasteiger partial charge in [0.1, 0.15) is 5.60 Å². The Labute approximate surface area is 204 Å². The first-order chi connectivity index (χ1) is 16.1. The summed E-state index contributed by atoms with van der Waals surface area (Å²) in [6, 6.07) is 11.0. The molecule has 3 fully saturated rings. The lowest BCUT2D eigenvalue weighted by atomic mass is 10.0. The second kappa shape index (κ2) is 10.4. The van der Waals surface area contributed by atoms with Crippen molar-refractivity contribution in [1.29, 1.82) is 0 Å². The molecule has 34 heavy (non-hydrogen) atoms. The third kappa shape index (κ3) is 6.38. The fraction of sp³-hybridized carbons (Fsp3) is 0.680. The van der Waals surface area contributed by atoms with E-state index in [2.05, 4.69) is 35.3 Å². The van der Waals surface area contributed by atoms with Crippen molar-refractivity contribution in [3.05, 3.63) is 35.9 Å². The minimum absolute atomic E-state index is 0.198. The van der Waals surface area contributed by atoms with Gasteiger partial charge in [-0.25, -0.2) is 4.79 Å². The van der Waals surface area contributed by atoms with E-state index in [1.807, 2.05) is 39.0 Å². The molecule has 0 radical (unpaired) electrons. The molecule has 0 spiro atoms. The second-order valence-corrected chi connectivity index (χ2v) is 14.7. The molecule has 9 heteroatoms. The first-order valence-corrected chi connectivity index (χ1v) is 15.4. The maximum atomic E-state index is 12.4. The molecule has 1 aromatic rings. The van der Waals surface area contributed by atoms with Crippen LogP contribution in [0, 0.1) is 0 Å². The van der Waals surface area contributed by atoms with Crippen molar-refractivity contribution in [2.45, 2.75) is 89.9 Å². The average molecular weight is 489 g/mol. The van der Waals surface area contributed by atoms with Crippen molar-refractivity contribution in [2.75, 3.05) is 19.6 Å². The fourth-order valence-electron chi connectivity index (χ4n) is 4.91. The van der Waals surface area contributed by atoms with Crippen molar-refractivity contribution >= 4 is 20.5 Å². The molecule has 1 unspecified atom stereocenters. The van der Waals surface area contributed by atoms with Crippen molar-refractivity contribution in [3.8, 4) is 0 Å². The van der Waals surface area contributed by atoms with Crippen LogP contribution < -0.4 is 5.48 Å². The molecule has 3 aliphatic rings. The molecule has 1 aromatic carbocycles. The highest BCUT2D eigenvalue weighted by atomic mass is 28.4. The summed E-state index contributed by atoms with van der Waals surface area (Å²) >= 11 is 0. The van der Waals surface area contributed by atoms with Gasteiger partial charge in [0.05, 0.1) is 18.7 Å². The molecule has 0 aliphatic carbocycles. The van der Waals surface area contributed by atoms with E-state index < -0.39 is 14.1 Å². The summed E-state index contributed by atoms with van der Waals surface area (Å²) in [5.74, 6) is 0.913. The zero-order chi connectivity index (χ0) is 24.3. The van der Waals surface area contributed by atoms with Gasteiger partial charge < -0.3 is 14.1 Å². The number of aliphatic imine (C=N–C) groups is 1. The average Bonchev–Trinajstić information content (AvgIpc) is 3.03. The van der Waals surface area contributed by atoms with Crippen molar-refractivity contribution < 1.29 is 18.8 Å². The third-order valence-corrected chi connectivity index (χ3v) is 9.26. The number of carbonyl (C=O) groups is 1. The Morgan fingerprint density at radius 3 is 2.53 bits per heavy atom. The van der Waals surface area contributed by atoms with Gasteiger partial charge in [0.15, 0.2) is 5.90 Å². The van der Waals surface area contributed by atoms with E-state index in [0.717, 1.165) is 43.7 Å². The summed E-state index contributed by atoms with van der Waals surface area (Å²) in [6.45, 7) is 13.0. The fourth-order valence-corrected chi connectivity index (χ4v) is 7.38. The standard InChI is InChI=1S/C25H40N4O4Si/c1-25(2,3)32-24(30)28-15-13-20(14-16-28)26-23-22-12-11-21(17-29(22)34(4,5)33-23)27-31-18-19-9-7-6-8-10-19/h6-10,20-22,27H,11-18H2,1-5H3/t21-,22?/m1/s1. The van der Waals surface area contributed by atoms with Crippen LogP contribution >= 0.6 is 0 Å². The van der Waals surface area contributed by atoms with Crippen LogP contribution in [0.15, 0.2) is 35.3 Å². The lowest BCUT2D eigenvalue weighted by molar-refractivity contribution is -0.0102. The van der Waals surface area contributed by atoms with Crippen LogP contribution in [0.1, 0.15) is 52.0 Å². The number of piperidine rings is 2. The lowest BCUT2D eigenvalue weighted by Gasteiger charge is -2.37. The molecule has 4 rings (SSSR count). The minimum atomic E-state index is -2.03. The van der Waals surface area contributed by atoms with Crippen LogP contribution in [-0.2, 0) is 20.6 Å². The van der Waals surface area contributed by atoms with Crippen molar-refractivity contribution in [1.82, 2.24) is 14.9 Å². The summed E-state index contributed by atoms with van der Waals surface area (Å²) in [7, 11) is -2.03. The van der Waals surface area contributed by atoms with Gasteiger partial charge in [0, 0.05) is 25.7 Å². The molecular weight excluding hydrogens is 448 g/mol. The van der Waals surface area contributed by atoms with Gasteiger partial charge in [0.25, 0.3) is 0 Å². The Morgan fingerprint density at radius 2 is 1.85 bits per heavy atom. The Morgan fingerprint density at radius 1 is 1.15 bits per heavy atom. The highest BCUT2D eigenvalue weighted by molar-refractivity contribution is 6.71.